The maximum atomic E-state index is 3.58. The highest BCUT2D eigenvalue weighted by Crippen LogP contribution is 2.17. The first-order valence-corrected chi connectivity index (χ1v) is 7.71. The maximum Gasteiger partial charge on any atom is 0.0208 e. The number of piperidine rings is 1. The Kier molecular flexibility index (Phi) is 5.67. The van der Waals surface area contributed by atoms with Gasteiger partial charge in [0.2, 0.25) is 0 Å². The number of hydrogen-bond donors (Lipinski definition) is 2. The van der Waals surface area contributed by atoms with E-state index in [9.17, 15) is 0 Å². The first kappa shape index (κ1) is 14.0. The Morgan fingerprint density at radius 3 is 2.89 bits per heavy atom. The molecule has 0 unspecified atom stereocenters. The van der Waals surface area contributed by atoms with E-state index < -0.39 is 0 Å². The molecule has 1 heterocycles. The van der Waals surface area contributed by atoms with Gasteiger partial charge in [0.1, 0.15) is 0 Å². The van der Waals surface area contributed by atoms with Gasteiger partial charge < -0.3 is 10.6 Å². The second-order valence-corrected chi connectivity index (χ2v) is 6.15. The number of nitrogens with one attached hydrogen (secondary N) is 2. The molecule has 0 amide bonds. The minimum Gasteiger partial charge on any atom is -0.317 e. The third-order valence-corrected chi connectivity index (χ3v) is 4.31. The van der Waals surface area contributed by atoms with Crippen LogP contribution >= 0.6 is 15.9 Å². The second-order valence-electron chi connectivity index (χ2n) is 5.23. The van der Waals surface area contributed by atoms with Crippen molar-refractivity contribution in [3.63, 3.8) is 0 Å². The van der Waals surface area contributed by atoms with Crippen molar-refractivity contribution in [2.75, 3.05) is 19.6 Å². The zero-order valence-electron chi connectivity index (χ0n) is 11.1. The molecule has 2 nitrogen and oxygen atoms in total. The van der Waals surface area contributed by atoms with E-state index in [1.807, 2.05) is 0 Å². The molecule has 1 aliphatic rings. The van der Waals surface area contributed by atoms with Gasteiger partial charge in [-0.05, 0) is 75.0 Å². The molecule has 1 saturated heterocycles. The Labute approximate surface area is 119 Å². The number of halogens is 1. The Morgan fingerprint density at radius 1 is 1.33 bits per heavy atom. The number of aryl methyl sites for hydroxylation is 1. The fourth-order valence-corrected chi connectivity index (χ4v) is 2.94. The van der Waals surface area contributed by atoms with E-state index in [4.69, 9.17) is 0 Å². The molecule has 0 aliphatic carbocycles. The summed E-state index contributed by atoms with van der Waals surface area (Å²) in [6.07, 6.45) is 4.00. The van der Waals surface area contributed by atoms with Crippen molar-refractivity contribution in [3.05, 3.63) is 33.8 Å². The zero-order chi connectivity index (χ0) is 12.8. The summed E-state index contributed by atoms with van der Waals surface area (Å²) in [7, 11) is 0. The van der Waals surface area contributed by atoms with Crippen LogP contribution in [0.4, 0.5) is 0 Å². The highest BCUT2D eigenvalue weighted by Gasteiger charge is 2.11. The van der Waals surface area contributed by atoms with E-state index in [-0.39, 0.29) is 0 Å². The van der Waals surface area contributed by atoms with Gasteiger partial charge in [-0.25, -0.2) is 0 Å². The number of rotatable bonds is 5. The van der Waals surface area contributed by atoms with Crippen molar-refractivity contribution < 1.29 is 0 Å². The highest BCUT2D eigenvalue weighted by atomic mass is 79.9. The van der Waals surface area contributed by atoms with Gasteiger partial charge >= 0.3 is 0 Å². The van der Waals surface area contributed by atoms with Gasteiger partial charge in [0.25, 0.3) is 0 Å². The zero-order valence-corrected chi connectivity index (χ0v) is 12.7. The van der Waals surface area contributed by atoms with Gasteiger partial charge in [-0.2, -0.15) is 0 Å². The van der Waals surface area contributed by atoms with Crippen LogP contribution in [0.25, 0.3) is 0 Å². The monoisotopic (exact) mass is 310 g/mol. The molecule has 100 valence electrons. The Hall–Kier alpha value is -0.380. The van der Waals surface area contributed by atoms with E-state index >= 15 is 0 Å². The lowest BCUT2D eigenvalue weighted by molar-refractivity contribution is 0.348. The number of hydrogen-bond acceptors (Lipinski definition) is 2. The first-order valence-electron chi connectivity index (χ1n) is 6.92. The Bertz CT molecular complexity index is 373. The summed E-state index contributed by atoms with van der Waals surface area (Å²) in [5.74, 6) is 0.919. The van der Waals surface area contributed by atoms with Crippen LogP contribution in [0.2, 0.25) is 0 Å². The average molecular weight is 311 g/mol. The van der Waals surface area contributed by atoms with Crippen molar-refractivity contribution in [3.8, 4) is 0 Å². The van der Waals surface area contributed by atoms with Crippen molar-refractivity contribution in [2.45, 2.75) is 32.7 Å². The van der Waals surface area contributed by atoms with Crippen LogP contribution in [-0.4, -0.2) is 19.6 Å². The molecular formula is C15H23BrN2. The minimum absolute atomic E-state index is 0.919. The molecule has 0 atom stereocenters. The standard InChI is InChI=1S/C15H23BrN2/c1-12-2-3-15(16)10-14(12)11-18-9-6-13-4-7-17-8-5-13/h2-3,10,13,17-18H,4-9,11H2,1H3. The molecule has 0 bridgehead atoms. The second kappa shape index (κ2) is 7.27. The smallest absolute Gasteiger partial charge is 0.0208 e. The average Bonchev–Trinajstić information content (AvgIpc) is 2.40. The minimum atomic E-state index is 0.919. The first-order chi connectivity index (χ1) is 8.75. The molecule has 0 spiro atoms. The van der Waals surface area contributed by atoms with Crippen LogP contribution in [0, 0.1) is 12.8 Å². The summed E-state index contributed by atoms with van der Waals surface area (Å²) in [4.78, 5) is 0. The van der Waals surface area contributed by atoms with E-state index in [1.54, 1.807) is 0 Å². The molecule has 3 heteroatoms. The molecule has 1 aromatic rings. The van der Waals surface area contributed by atoms with Crippen molar-refractivity contribution >= 4 is 15.9 Å². The maximum absolute atomic E-state index is 3.58. The summed E-state index contributed by atoms with van der Waals surface area (Å²) in [6, 6.07) is 6.49. The van der Waals surface area contributed by atoms with Gasteiger partial charge in [0, 0.05) is 11.0 Å². The lowest BCUT2D eigenvalue weighted by atomic mass is 9.95. The van der Waals surface area contributed by atoms with E-state index in [1.165, 1.54) is 48.0 Å². The van der Waals surface area contributed by atoms with Gasteiger partial charge in [-0.3, -0.25) is 0 Å². The fraction of sp³-hybridized carbons (Fsp3) is 0.600. The van der Waals surface area contributed by atoms with Crippen molar-refractivity contribution in [1.82, 2.24) is 10.6 Å². The highest BCUT2D eigenvalue weighted by molar-refractivity contribution is 9.10. The van der Waals surface area contributed by atoms with Crippen molar-refractivity contribution in [1.29, 1.82) is 0 Å². The van der Waals surface area contributed by atoms with Crippen LogP contribution in [0.3, 0.4) is 0 Å². The normalized spacial score (nSPS) is 17.0. The van der Waals surface area contributed by atoms with Crippen LogP contribution < -0.4 is 10.6 Å². The fourth-order valence-electron chi connectivity index (χ4n) is 2.53. The molecule has 18 heavy (non-hydrogen) atoms. The quantitative estimate of drug-likeness (QED) is 0.816. The molecule has 2 rings (SSSR count). The summed E-state index contributed by atoms with van der Waals surface area (Å²) in [6.45, 7) is 6.70. The van der Waals surface area contributed by atoms with Gasteiger partial charge in [-0.1, -0.05) is 22.0 Å². The third kappa shape index (κ3) is 4.38. The number of benzene rings is 1. The third-order valence-electron chi connectivity index (χ3n) is 3.81. The van der Waals surface area contributed by atoms with Crippen LogP contribution in [0.15, 0.2) is 22.7 Å². The molecule has 0 aromatic heterocycles. The van der Waals surface area contributed by atoms with Gasteiger partial charge in [-0.15, -0.1) is 0 Å². The topological polar surface area (TPSA) is 24.1 Å². The summed E-state index contributed by atoms with van der Waals surface area (Å²) < 4.78 is 1.17. The van der Waals surface area contributed by atoms with E-state index in [2.05, 4.69) is 51.7 Å². The SMILES string of the molecule is Cc1ccc(Br)cc1CNCCC1CCNCC1. The van der Waals surface area contributed by atoms with Crippen LogP contribution in [0.1, 0.15) is 30.4 Å². The molecule has 0 radical (unpaired) electrons. The molecule has 0 saturated carbocycles. The molecule has 1 aromatic carbocycles. The Morgan fingerprint density at radius 2 is 2.11 bits per heavy atom. The molecule has 1 fully saturated rings. The van der Waals surface area contributed by atoms with E-state index in [0.717, 1.165) is 19.0 Å². The van der Waals surface area contributed by atoms with Crippen molar-refractivity contribution in [2.24, 2.45) is 5.92 Å². The van der Waals surface area contributed by atoms with Crippen LogP contribution in [-0.2, 0) is 6.54 Å². The largest absolute Gasteiger partial charge is 0.317 e. The van der Waals surface area contributed by atoms with Gasteiger partial charge in [0.15, 0.2) is 0 Å². The molecule has 2 N–H and O–H groups in total. The molecular weight excluding hydrogens is 288 g/mol. The summed E-state index contributed by atoms with van der Waals surface area (Å²) in [5, 5.41) is 6.99. The van der Waals surface area contributed by atoms with E-state index in [0.29, 0.717) is 0 Å². The lowest BCUT2D eigenvalue weighted by Gasteiger charge is -2.22. The predicted molar refractivity (Wildman–Crippen MR) is 80.8 cm³/mol. The summed E-state index contributed by atoms with van der Waals surface area (Å²) in [5.41, 5.74) is 2.77. The Balaban J connectivity index is 1.69. The molecule has 1 aliphatic heterocycles. The lowest BCUT2D eigenvalue weighted by Crippen LogP contribution is -2.29. The predicted octanol–water partition coefficient (Wildman–Crippen LogP) is 3.24. The van der Waals surface area contributed by atoms with Crippen LogP contribution in [0.5, 0.6) is 0 Å². The summed E-state index contributed by atoms with van der Waals surface area (Å²) >= 11 is 3.53. The van der Waals surface area contributed by atoms with Gasteiger partial charge in [0.05, 0.1) is 0 Å².